The number of halogens is 2. The molecule has 2 rings (SSSR count). The summed E-state index contributed by atoms with van der Waals surface area (Å²) in [5, 5.41) is 3.96. The second-order valence-corrected chi connectivity index (χ2v) is 6.00. The highest BCUT2D eigenvalue weighted by atomic mass is 79.9. The highest BCUT2D eigenvalue weighted by molar-refractivity contribution is 9.10. The lowest BCUT2D eigenvalue weighted by Gasteiger charge is -2.20. The summed E-state index contributed by atoms with van der Waals surface area (Å²) in [6.45, 7) is 3.65. The first-order chi connectivity index (χ1) is 10.1. The van der Waals surface area contributed by atoms with Crippen LogP contribution in [-0.2, 0) is 6.54 Å². The zero-order chi connectivity index (χ0) is 15.2. The van der Waals surface area contributed by atoms with Crippen molar-refractivity contribution >= 4 is 39.3 Å². The number of anilines is 2. The van der Waals surface area contributed by atoms with E-state index in [4.69, 9.17) is 11.6 Å². The Kier molecular flexibility index (Phi) is 5.82. The molecule has 1 aromatic carbocycles. The monoisotopic (exact) mass is 368 g/mol. The number of hydrogen-bond acceptors (Lipinski definition) is 4. The van der Waals surface area contributed by atoms with Gasteiger partial charge in [-0.05, 0) is 34.0 Å². The molecule has 0 saturated heterocycles. The minimum absolute atomic E-state index is 0.640. The SMILES string of the molecule is CCCNc1ncc(Br)c(N(C)Cc2ccccc2Cl)n1. The van der Waals surface area contributed by atoms with Crippen LogP contribution >= 0.6 is 27.5 Å². The molecule has 0 unspecified atom stereocenters. The minimum Gasteiger partial charge on any atom is -0.354 e. The van der Waals surface area contributed by atoms with Crippen LogP contribution in [0.4, 0.5) is 11.8 Å². The second-order valence-electron chi connectivity index (χ2n) is 4.74. The van der Waals surface area contributed by atoms with Gasteiger partial charge in [0.15, 0.2) is 0 Å². The van der Waals surface area contributed by atoms with Crippen LogP contribution in [0.5, 0.6) is 0 Å². The van der Waals surface area contributed by atoms with Crippen molar-refractivity contribution in [1.29, 1.82) is 0 Å². The summed E-state index contributed by atoms with van der Waals surface area (Å²) in [5.41, 5.74) is 1.07. The summed E-state index contributed by atoms with van der Waals surface area (Å²) in [6, 6.07) is 7.83. The Hall–Kier alpha value is -1.33. The molecule has 21 heavy (non-hydrogen) atoms. The molecule has 0 aliphatic rings. The van der Waals surface area contributed by atoms with Crippen molar-refractivity contribution in [1.82, 2.24) is 9.97 Å². The summed E-state index contributed by atoms with van der Waals surface area (Å²) in [7, 11) is 1.99. The quantitative estimate of drug-likeness (QED) is 0.822. The number of nitrogens with zero attached hydrogens (tertiary/aromatic N) is 3. The smallest absolute Gasteiger partial charge is 0.224 e. The van der Waals surface area contributed by atoms with E-state index in [2.05, 4.69) is 38.1 Å². The Bertz CT molecular complexity index is 606. The Labute approximate surface area is 138 Å². The third kappa shape index (κ3) is 4.32. The summed E-state index contributed by atoms with van der Waals surface area (Å²) in [6.07, 6.45) is 2.80. The number of benzene rings is 1. The average molecular weight is 370 g/mol. The van der Waals surface area contributed by atoms with Crippen molar-refractivity contribution in [2.24, 2.45) is 0 Å². The van der Waals surface area contributed by atoms with E-state index in [1.165, 1.54) is 0 Å². The first-order valence-electron chi connectivity index (χ1n) is 6.82. The van der Waals surface area contributed by atoms with Crippen LogP contribution in [0.3, 0.4) is 0 Å². The molecule has 4 nitrogen and oxygen atoms in total. The number of rotatable bonds is 6. The van der Waals surface area contributed by atoms with Gasteiger partial charge in [-0.25, -0.2) is 4.98 Å². The molecule has 112 valence electrons. The summed E-state index contributed by atoms with van der Waals surface area (Å²) in [4.78, 5) is 10.9. The predicted octanol–water partition coefficient (Wildman–Crippen LogP) is 4.35. The van der Waals surface area contributed by atoms with Gasteiger partial charge in [0.2, 0.25) is 5.95 Å². The van der Waals surface area contributed by atoms with Gasteiger partial charge < -0.3 is 10.2 Å². The van der Waals surface area contributed by atoms with Gasteiger partial charge in [-0.1, -0.05) is 36.7 Å². The van der Waals surface area contributed by atoms with Gasteiger partial charge in [-0.2, -0.15) is 4.98 Å². The molecule has 1 heterocycles. The molecule has 0 saturated carbocycles. The third-order valence-corrected chi connectivity index (χ3v) is 3.91. The maximum absolute atomic E-state index is 6.21. The van der Waals surface area contributed by atoms with Gasteiger partial charge in [-0.3, -0.25) is 0 Å². The van der Waals surface area contributed by atoms with Gasteiger partial charge in [0.05, 0.1) is 4.47 Å². The van der Waals surface area contributed by atoms with Gasteiger partial charge in [0, 0.05) is 31.4 Å². The fourth-order valence-electron chi connectivity index (χ4n) is 1.90. The molecule has 0 spiro atoms. The first kappa shape index (κ1) is 16.0. The van der Waals surface area contributed by atoms with Crippen LogP contribution in [0.25, 0.3) is 0 Å². The Morgan fingerprint density at radius 3 is 2.81 bits per heavy atom. The molecular formula is C15H18BrClN4. The highest BCUT2D eigenvalue weighted by Crippen LogP contribution is 2.26. The van der Waals surface area contributed by atoms with Crippen LogP contribution in [0.1, 0.15) is 18.9 Å². The van der Waals surface area contributed by atoms with E-state index in [1.807, 2.05) is 36.2 Å². The van der Waals surface area contributed by atoms with Crippen LogP contribution < -0.4 is 10.2 Å². The summed E-state index contributed by atoms with van der Waals surface area (Å²) >= 11 is 9.72. The van der Waals surface area contributed by atoms with Crippen molar-refractivity contribution in [3.05, 3.63) is 45.5 Å². The zero-order valence-electron chi connectivity index (χ0n) is 12.1. The molecule has 0 atom stereocenters. The fraction of sp³-hybridized carbons (Fsp3) is 0.333. The van der Waals surface area contributed by atoms with E-state index < -0.39 is 0 Å². The number of nitrogens with one attached hydrogen (secondary N) is 1. The van der Waals surface area contributed by atoms with Gasteiger partial charge in [0.1, 0.15) is 5.82 Å². The number of aromatic nitrogens is 2. The molecule has 0 amide bonds. The van der Waals surface area contributed by atoms with E-state index in [0.717, 1.165) is 33.8 Å². The highest BCUT2D eigenvalue weighted by Gasteiger charge is 2.11. The van der Waals surface area contributed by atoms with E-state index in [-0.39, 0.29) is 0 Å². The van der Waals surface area contributed by atoms with Gasteiger partial charge in [0.25, 0.3) is 0 Å². The lowest BCUT2D eigenvalue weighted by molar-refractivity contribution is 0.880. The Morgan fingerprint density at radius 2 is 2.10 bits per heavy atom. The maximum atomic E-state index is 6.21. The van der Waals surface area contributed by atoms with Crippen LogP contribution in [0.2, 0.25) is 5.02 Å². The molecule has 2 aromatic rings. The normalized spacial score (nSPS) is 10.5. The molecular weight excluding hydrogens is 352 g/mol. The van der Waals surface area contributed by atoms with Crippen LogP contribution in [0, 0.1) is 0 Å². The summed E-state index contributed by atoms with van der Waals surface area (Å²) in [5.74, 6) is 1.48. The van der Waals surface area contributed by atoms with E-state index in [0.29, 0.717) is 12.5 Å². The van der Waals surface area contributed by atoms with Gasteiger partial charge in [-0.15, -0.1) is 0 Å². The van der Waals surface area contributed by atoms with E-state index >= 15 is 0 Å². The maximum Gasteiger partial charge on any atom is 0.224 e. The standard InChI is InChI=1S/C15H18BrClN4/c1-3-8-18-15-19-9-12(16)14(20-15)21(2)10-11-6-4-5-7-13(11)17/h4-7,9H,3,8,10H2,1-2H3,(H,18,19,20). The fourth-order valence-corrected chi connectivity index (χ4v) is 2.59. The summed E-state index contributed by atoms with van der Waals surface area (Å²) < 4.78 is 0.860. The van der Waals surface area contributed by atoms with Crippen molar-refractivity contribution in [3.63, 3.8) is 0 Å². The zero-order valence-corrected chi connectivity index (χ0v) is 14.4. The Balaban J connectivity index is 2.18. The van der Waals surface area contributed by atoms with E-state index in [1.54, 1.807) is 6.20 Å². The van der Waals surface area contributed by atoms with Gasteiger partial charge >= 0.3 is 0 Å². The third-order valence-electron chi connectivity index (χ3n) is 2.99. The van der Waals surface area contributed by atoms with Crippen molar-refractivity contribution in [2.75, 3.05) is 23.8 Å². The topological polar surface area (TPSA) is 41.1 Å². The molecule has 0 bridgehead atoms. The Morgan fingerprint density at radius 1 is 1.33 bits per heavy atom. The second kappa shape index (κ2) is 7.61. The number of hydrogen-bond donors (Lipinski definition) is 1. The molecule has 6 heteroatoms. The first-order valence-corrected chi connectivity index (χ1v) is 8.00. The lowest BCUT2D eigenvalue weighted by atomic mass is 10.2. The molecule has 0 aliphatic heterocycles. The lowest BCUT2D eigenvalue weighted by Crippen LogP contribution is -2.19. The molecule has 1 aromatic heterocycles. The van der Waals surface area contributed by atoms with E-state index in [9.17, 15) is 0 Å². The molecule has 1 N–H and O–H groups in total. The molecule has 0 aliphatic carbocycles. The van der Waals surface area contributed by atoms with Crippen LogP contribution in [0.15, 0.2) is 34.9 Å². The minimum atomic E-state index is 0.640. The average Bonchev–Trinajstić information content (AvgIpc) is 2.48. The van der Waals surface area contributed by atoms with Crippen molar-refractivity contribution < 1.29 is 0 Å². The predicted molar refractivity (Wildman–Crippen MR) is 92.1 cm³/mol. The molecule has 0 radical (unpaired) electrons. The largest absolute Gasteiger partial charge is 0.354 e. The van der Waals surface area contributed by atoms with Crippen molar-refractivity contribution in [3.8, 4) is 0 Å². The molecule has 0 fully saturated rings. The van der Waals surface area contributed by atoms with Crippen LogP contribution in [-0.4, -0.2) is 23.6 Å². The van der Waals surface area contributed by atoms with Crippen molar-refractivity contribution in [2.45, 2.75) is 19.9 Å².